The summed E-state index contributed by atoms with van der Waals surface area (Å²) in [6.07, 6.45) is 0. The van der Waals surface area contributed by atoms with Gasteiger partial charge in [0.05, 0.1) is 33.4 Å². The standard InChI is InChI=1S/C102H99BN4/c1-97(2,3)70-44-49-86-81(57-70)82-58-71(98(4,5)6)45-50-87(82)105(86)77-46-48-84-89(63-77)106(91-55-69(64-33-23-19-24-34-64)54-90-94(91)78-41-31-32-42-85(78)104(90)76-39-29-22-30-40-76)92-61-75(102(16,17)18)62-93-95(92)103(84)83-47-43-67(68-51-72(99(7,8)9)56-73(52-68)100(10,11)12)53-88(83)107(93)96-79(65-35-25-20-26-36-65)59-74(101(13,14)15)60-80(96)66-37-27-21-28-38-66/h19-63H,1-18H3. The maximum atomic E-state index is 2.75. The number of benzene rings is 13. The summed E-state index contributed by atoms with van der Waals surface area (Å²) in [6.45, 7) is 42.3. The minimum absolute atomic E-state index is 0.0570. The monoisotopic (exact) mass is 1390 g/mol. The molecular weight excluding hydrogens is 1290 g/mol. The van der Waals surface area contributed by atoms with Crippen LogP contribution in [0.25, 0.3) is 99.5 Å². The fraction of sp³-hybridized carbons (Fsp3) is 0.235. The van der Waals surface area contributed by atoms with Gasteiger partial charge in [-0.15, -0.1) is 0 Å². The number of para-hydroxylation sites is 2. The lowest BCUT2D eigenvalue weighted by Gasteiger charge is -2.46. The average Bonchev–Trinajstić information content (AvgIpc) is 1.08. The van der Waals surface area contributed by atoms with Crippen LogP contribution in [0.4, 0.5) is 34.1 Å². The van der Waals surface area contributed by atoms with Crippen molar-refractivity contribution in [3.05, 3.63) is 306 Å². The molecule has 4 nitrogen and oxygen atoms in total. The van der Waals surface area contributed by atoms with Crippen molar-refractivity contribution in [2.45, 2.75) is 157 Å². The minimum Gasteiger partial charge on any atom is -0.311 e. The van der Waals surface area contributed by atoms with Gasteiger partial charge in [-0.2, -0.15) is 0 Å². The van der Waals surface area contributed by atoms with Crippen molar-refractivity contribution in [3.63, 3.8) is 0 Å². The summed E-state index contributed by atoms with van der Waals surface area (Å²) >= 11 is 0. The molecule has 0 spiro atoms. The molecule has 0 radical (unpaired) electrons. The first-order chi connectivity index (χ1) is 50.9. The van der Waals surface area contributed by atoms with E-state index in [1.165, 1.54) is 133 Å². The molecule has 2 aromatic heterocycles. The van der Waals surface area contributed by atoms with Gasteiger partial charge in [0.15, 0.2) is 0 Å². The number of nitrogens with zero attached hydrogens (tertiary/aromatic N) is 4. The second kappa shape index (κ2) is 24.9. The van der Waals surface area contributed by atoms with Crippen LogP contribution in [0.5, 0.6) is 0 Å². The van der Waals surface area contributed by atoms with Gasteiger partial charge >= 0.3 is 0 Å². The number of aromatic nitrogens is 2. The van der Waals surface area contributed by atoms with Gasteiger partial charge in [0.25, 0.3) is 6.71 Å². The summed E-state index contributed by atoms with van der Waals surface area (Å²) in [5.41, 5.74) is 34.0. The predicted molar refractivity (Wildman–Crippen MR) is 463 cm³/mol. The molecule has 0 unspecified atom stereocenters. The van der Waals surface area contributed by atoms with Crippen molar-refractivity contribution in [1.82, 2.24) is 9.13 Å². The highest BCUT2D eigenvalue weighted by atomic mass is 15.2. The second-order valence-electron chi connectivity index (χ2n) is 36.7. The van der Waals surface area contributed by atoms with Gasteiger partial charge in [-0.05, 0) is 213 Å². The van der Waals surface area contributed by atoms with Gasteiger partial charge in [-0.25, -0.2) is 0 Å². The maximum absolute atomic E-state index is 2.75. The van der Waals surface area contributed by atoms with E-state index in [1.54, 1.807) is 0 Å². The van der Waals surface area contributed by atoms with Gasteiger partial charge in [0.1, 0.15) is 0 Å². The van der Waals surface area contributed by atoms with Gasteiger partial charge in [0.2, 0.25) is 0 Å². The largest absolute Gasteiger partial charge is 0.311 e. The zero-order valence-corrected chi connectivity index (χ0v) is 65.8. The third-order valence-electron chi connectivity index (χ3n) is 23.2. The normalized spacial score (nSPS) is 13.5. The third-order valence-corrected chi connectivity index (χ3v) is 23.2. The van der Waals surface area contributed by atoms with Crippen LogP contribution in [0.2, 0.25) is 0 Å². The van der Waals surface area contributed by atoms with E-state index in [0.29, 0.717) is 0 Å². The first-order valence-corrected chi connectivity index (χ1v) is 38.7. The highest BCUT2D eigenvalue weighted by Gasteiger charge is 2.46. The molecule has 0 bridgehead atoms. The van der Waals surface area contributed by atoms with E-state index in [-0.39, 0.29) is 39.2 Å². The van der Waals surface area contributed by atoms with Crippen molar-refractivity contribution in [2.75, 3.05) is 9.80 Å². The molecule has 0 saturated carbocycles. The Morgan fingerprint density at radius 3 is 1.17 bits per heavy atom. The van der Waals surface area contributed by atoms with Crippen LogP contribution >= 0.6 is 0 Å². The molecule has 5 heteroatoms. The Morgan fingerprint density at radius 2 is 0.645 bits per heavy atom. The highest BCUT2D eigenvalue weighted by Crippen LogP contribution is 2.55. The molecule has 0 atom stereocenters. The summed E-state index contributed by atoms with van der Waals surface area (Å²) < 4.78 is 5.08. The number of rotatable bonds is 8. The van der Waals surface area contributed by atoms with Gasteiger partial charge in [0, 0.05) is 66.8 Å². The van der Waals surface area contributed by atoms with Gasteiger partial charge < -0.3 is 18.9 Å². The molecule has 0 N–H and O–H groups in total. The Kier molecular flexibility index (Phi) is 16.1. The molecule has 0 fully saturated rings. The minimum atomic E-state index is -0.328. The van der Waals surface area contributed by atoms with Crippen LogP contribution in [0.15, 0.2) is 273 Å². The molecule has 107 heavy (non-hydrogen) atoms. The number of anilines is 6. The lowest BCUT2D eigenvalue weighted by molar-refractivity contribution is 0.569. The van der Waals surface area contributed by atoms with Crippen LogP contribution in [0.1, 0.15) is 158 Å². The fourth-order valence-corrected chi connectivity index (χ4v) is 17.0. The number of hydrogen-bond donors (Lipinski definition) is 0. The van der Waals surface area contributed by atoms with E-state index in [9.17, 15) is 0 Å². The van der Waals surface area contributed by atoms with Gasteiger partial charge in [-0.1, -0.05) is 301 Å². The molecule has 13 aromatic carbocycles. The first-order valence-electron chi connectivity index (χ1n) is 38.7. The van der Waals surface area contributed by atoms with Crippen LogP contribution in [0, 0.1) is 0 Å². The van der Waals surface area contributed by atoms with Crippen LogP contribution in [0.3, 0.4) is 0 Å². The summed E-state index contributed by atoms with van der Waals surface area (Å²) in [4.78, 5) is 5.50. The predicted octanol–water partition coefficient (Wildman–Crippen LogP) is 26.4. The van der Waals surface area contributed by atoms with Crippen LogP contribution < -0.4 is 26.2 Å². The molecule has 0 saturated heterocycles. The summed E-state index contributed by atoms with van der Waals surface area (Å²) in [7, 11) is 0. The van der Waals surface area contributed by atoms with Crippen molar-refractivity contribution in [1.29, 1.82) is 0 Å². The smallest absolute Gasteiger partial charge is 0.252 e. The van der Waals surface area contributed by atoms with E-state index in [4.69, 9.17) is 0 Å². The zero-order chi connectivity index (χ0) is 74.8. The molecule has 0 amide bonds. The number of fused-ring (bicyclic) bond motifs is 10. The van der Waals surface area contributed by atoms with Crippen LogP contribution in [-0.4, -0.2) is 15.8 Å². The Hall–Kier alpha value is -10.9. The lowest BCUT2D eigenvalue weighted by atomic mass is 9.33. The fourth-order valence-electron chi connectivity index (χ4n) is 17.0. The first kappa shape index (κ1) is 69.2. The summed E-state index contributed by atoms with van der Waals surface area (Å²) in [5.74, 6) is 0. The van der Waals surface area contributed by atoms with E-state index in [2.05, 4.69) is 417 Å². The SMILES string of the molecule is CC(C)(C)c1cc(-c2ccc3c(c2)N(c2c(-c4ccccc4)cc(C(C)(C)C)cc2-c2ccccc2)c2cc(C(C)(C)C)cc4c2B3c2ccc(-n3c5ccc(C(C)(C)C)cc5c5cc(C(C)(C)C)ccc53)cc2N4c2cc(-c3ccccc3)cc3c2c2ccccc2n3-c2ccccc2)cc(C(C)(C)C)c1. The topological polar surface area (TPSA) is 16.3 Å². The van der Waals surface area contributed by atoms with Crippen molar-refractivity contribution in [3.8, 4) is 55.9 Å². The molecule has 530 valence electrons. The van der Waals surface area contributed by atoms with Gasteiger partial charge in [-0.3, -0.25) is 0 Å². The summed E-state index contributed by atoms with van der Waals surface area (Å²) in [6, 6.07) is 106. The van der Waals surface area contributed by atoms with Crippen molar-refractivity contribution < 1.29 is 0 Å². The van der Waals surface area contributed by atoms with Crippen LogP contribution in [-0.2, 0) is 32.5 Å². The molecule has 2 aliphatic heterocycles. The Labute approximate surface area is 635 Å². The Balaban J connectivity index is 1.07. The Morgan fingerprint density at radius 1 is 0.234 bits per heavy atom. The highest BCUT2D eigenvalue weighted by molar-refractivity contribution is 7.00. The van der Waals surface area contributed by atoms with E-state index in [0.717, 1.165) is 50.6 Å². The molecule has 4 heterocycles. The second-order valence-corrected chi connectivity index (χ2v) is 36.7. The molecule has 0 aliphatic carbocycles. The zero-order valence-electron chi connectivity index (χ0n) is 65.8. The molecule has 17 rings (SSSR count). The summed E-state index contributed by atoms with van der Waals surface area (Å²) in [5, 5.41) is 4.92. The number of hydrogen-bond acceptors (Lipinski definition) is 2. The van der Waals surface area contributed by atoms with Crippen molar-refractivity contribution >= 4 is 101 Å². The maximum Gasteiger partial charge on any atom is 0.252 e. The van der Waals surface area contributed by atoms with Crippen molar-refractivity contribution in [2.24, 2.45) is 0 Å². The Bertz CT molecular complexity index is 5880. The molecular formula is C102H99BN4. The van der Waals surface area contributed by atoms with E-state index in [1.807, 2.05) is 0 Å². The van der Waals surface area contributed by atoms with E-state index >= 15 is 0 Å². The lowest BCUT2D eigenvalue weighted by Crippen LogP contribution is -2.61. The molecule has 15 aromatic rings. The quantitative estimate of drug-likeness (QED) is 0.141. The molecule has 2 aliphatic rings. The van der Waals surface area contributed by atoms with E-state index < -0.39 is 0 Å². The third kappa shape index (κ3) is 11.8. The average molecular weight is 1390 g/mol.